The molecule has 0 amide bonds. The van der Waals surface area contributed by atoms with E-state index < -0.39 is 0 Å². The molecule has 1 aliphatic rings. The van der Waals surface area contributed by atoms with Crippen molar-refractivity contribution in [1.29, 1.82) is 0 Å². The van der Waals surface area contributed by atoms with E-state index in [0.717, 1.165) is 27.8 Å². The highest BCUT2D eigenvalue weighted by Gasteiger charge is 2.32. The molecule has 0 saturated carbocycles. The zero-order valence-corrected chi connectivity index (χ0v) is 15.6. The molecule has 0 aromatic carbocycles. The highest BCUT2D eigenvalue weighted by atomic mass is 79.9. The lowest BCUT2D eigenvalue weighted by molar-refractivity contribution is 0.0857. The molecule has 1 aromatic rings. The van der Waals surface area contributed by atoms with Crippen LogP contribution in [0.3, 0.4) is 0 Å². The molecule has 1 fully saturated rings. The Morgan fingerprint density at radius 3 is 2.45 bits per heavy atom. The van der Waals surface area contributed by atoms with Crippen LogP contribution in [0.1, 0.15) is 44.5 Å². The summed E-state index contributed by atoms with van der Waals surface area (Å²) in [4.78, 5) is 3.80. The predicted octanol–water partition coefficient (Wildman–Crippen LogP) is 4.92. The van der Waals surface area contributed by atoms with Gasteiger partial charge in [-0.15, -0.1) is 11.3 Å². The number of nitrogens with zero attached hydrogens (tertiary/aromatic N) is 1. The molecule has 0 aliphatic carbocycles. The van der Waals surface area contributed by atoms with E-state index in [1.165, 1.54) is 17.7 Å². The molecule has 1 aromatic heterocycles. The van der Waals surface area contributed by atoms with Crippen molar-refractivity contribution in [2.75, 3.05) is 19.6 Å². The van der Waals surface area contributed by atoms with E-state index in [9.17, 15) is 0 Å². The van der Waals surface area contributed by atoms with E-state index in [1.807, 2.05) is 0 Å². The zero-order chi connectivity index (χ0) is 14.9. The largest absolute Gasteiger partial charge is 0.329 e. The standard InChI is InChI=1S/C15H24BrClN2S/c1-15(2,3)10-4-6-19(7-5-10)12(9-18)13-8-11(16)14(17)20-13/h8,10,12H,4-7,9,18H2,1-3H3. The van der Waals surface area contributed by atoms with Crippen LogP contribution in [0.15, 0.2) is 10.5 Å². The minimum absolute atomic E-state index is 0.310. The van der Waals surface area contributed by atoms with E-state index >= 15 is 0 Å². The number of nitrogens with two attached hydrogens (primary N) is 1. The Morgan fingerprint density at radius 1 is 1.45 bits per heavy atom. The second-order valence-electron chi connectivity index (χ2n) is 6.70. The third kappa shape index (κ3) is 3.77. The minimum atomic E-state index is 0.310. The second-order valence-corrected chi connectivity index (χ2v) is 9.24. The quantitative estimate of drug-likeness (QED) is 0.807. The molecule has 1 aliphatic heterocycles. The number of halogens is 2. The highest BCUT2D eigenvalue weighted by molar-refractivity contribution is 9.10. The van der Waals surface area contributed by atoms with Gasteiger partial charge in [0.1, 0.15) is 4.34 Å². The molecule has 0 bridgehead atoms. The van der Waals surface area contributed by atoms with Gasteiger partial charge in [0.2, 0.25) is 0 Å². The van der Waals surface area contributed by atoms with Gasteiger partial charge < -0.3 is 5.73 Å². The zero-order valence-electron chi connectivity index (χ0n) is 12.5. The summed E-state index contributed by atoms with van der Waals surface area (Å²) in [6.45, 7) is 9.98. The molecule has 114 valence electrons. The molecule has 5 heteroatoms. The van der Waals surface area contributed by atoms with Crippen LogP contribution in [0.5, 0.6) is 0 Å². The van der Waals surface area contributed by atoms with Crippen LogP contribution >= 0.6 is 38.9 Å². The van der Waals surface area contributed by atoms with Gasteiger partial charge in [-0.2, -0.15) is 0 Å². The van der Waals surface area contributed by atoms with Gasteiger partial charge in [-0.3, -0.25) is 4.90 Å². The molecule has 2 N–H and O–H groups in total. The summed E-state index contributed by atoms with van der Waals surface area (Å²) in [6.07, 6.45) is 2.53. The summed E-state index contributed by atoms with van der Waals surface area (Å²) in [5.41, 5.74) is 6.44. The summed E-state index contributed by atoms with van der Waals surface area (Å²) in [7, 11) is 0. The Balaban J connectivity index is 2.04. The van der Waals surface area contributed by atoms with Crippen molar-refractivity contribution in [2.45, 2.75) is 39.7 Å². The van der Waals surface area contributed by atoms with Gasteiger partial charge in [0.15, 0.2) is 0 Å². The highest BCUT2D eigenvalue weighted by Crippen LogP contribution is 2.40. The molecular formula is C15H24BrClN2S. The van der Waals surface area contributed by atoms with Crippen molar-refractivity contribution in [3.8, 4) is 0 Å². The maximum atomic E-state index is 6.16. The fraction of sp³-hybridized carbons (Fsp3) is 0.733. The summed E-state index contributed by atoms with van der Waals surface area (Å²) < 4.78 is 1.81. The topological polar surface area (TPSA) is 29.3 Å². The molecule has 1 atom stereocenters. The van der Waals surface area contributed by atoms with Gasteiger partial charge in [0, 0.05) is 15.9 Å². The molecule has 1 saturated heterocycles. The van der Waals surface area contributed by atoms with Crippen LogP contribution in [0.2, 0.25) is 4.34 Å². The summed E-state index contributed by atoms with van der Waals surface area (Å²) in [6, 6.07) is 2.44. The van der Waals surface area contributed by atoms with Crippen molar-refractivity contribution in [3.05, 3.63) is 19.8 Å². The van der Waals surface area contributed by atoms with Crippen molar-refractivity contribution >= 4 is 38.9 Å². The van der Waals surface area contributed by atoms with E-state index in [-0.39, 0.29) is 0 Å². The predicted molar refractivity (Wildman–Crippen MR) is 92.6 cm³/mol. The molecule has 2 rings (SSSR count). The van der Waals surface area contributed by atoms with Gasteiger partial charge in [0.25, 0.3) is 0 Å². The number of hydrogen-bond donors (Lipinski definition) is 1. The van der Waals surface area contributed by atoms with E-state index in [1.54, 1.807) is 11.3 Å². The number of likely N-dealkylation sites (tertiary alicyclic amines) is 1. The van der Waals surface area contributed by atoms with Crippen molar-refractivity contribution in [1.82, 2.24) is 4.90 Å². The lowest BCUT2D eigenvalue weighted by Gasteiger charge is -2.41. The SMILES string of the molecule is CC(C)(C)C1CCN(C(CN)c2cc(Br)c(Cl)s2)CC1. The molecule has 2 nitrogen and oxygen atoms in total. The smallest absolute Gasteiger partial charge is 0.107 e. The molecule has 1 unspecified atom stereocenters. The first-order valence-corrected chi connectivity index (χ1v) is 9.20. The average Bonchev–Trinajstić information content (AvgIpc) is 2.70. The normalized spacial score (nSPS) is 20.3. The van der Waals surface area contributed by atoms with Gasteiger partial charge in [0.05, 0.1) is 6.04 Å². The Kier molecular flexibility index (Phi) is 5.58. The third-order valence-corrected chi connectivity index (χ3v) is 6.99. The van der Waals surface area contributed by atoms with E-state index in [0.29, 0.717) is 18.0 Å². The number of hydrogen-bond acceptors (Lipinski definition) is 3. The van der Waals surface area contributed by atoms with Crippen LogP contribution in [0.25, 0.3) is 0 Å². The molecular weight excluding hydrogens is 356 g/mol. The number of rotatable bonds is 3. The van der Waals surface area contributed by atoms with Crippen LogP contribution in [0.4, 0.5) is 0 Å². The fourth-order valence-electron chi connectivity index (χ4n) is 3.05. The monoisotopic (exact) mass is 378 g/mol. The molecule has 0 radical (unpaired) electrons. The van der Waals surface area contributed by atoms with Crippen LogP contribution in [-0.2, 0) is 0 Å². The molecule has 0 spiro atoms. The third-order valence-electron chi connectivity index (χ3n) is 4.41. The van der Waals surface area contributed by atoms with E-state index in [4.69, 9.17) is 17.3 Å². The van der Waals surface area contributed by atoms with Gasteiger partial charge in [-0.25, -0.2) is 0 Å². The summed E-state index contributed by atoms with van der Waals surface area (Å²) in [5.74, 6) is 0.816. The number of piperidine rings is 1. The average molecular weight is 380 g/mol. The van der Waals surface area contributed by atoms with Crippen LogP contribution in [-0.4, -0.2) is 24.5 Å². The first-order chi connectivity index (χ1) is 9.32. The fourth-order valence-corrected chi connectivity index (χ4v) is 4.93. The second kappa shape index (κ2) is 6.66. The van der Waals surface area contributed by atoms with Gasteiger partial charge in [-0.05, 0) is 59.3 Å². The van der Waals surface area contributed by atoms with Crippen molar-refractivity contribution in [2.24, 2.45) is 17.1 Å². The minimum Gasteiger partial charge on any atom is -0.329 e. The molecule has 20 heavy (non-hydrogen) atoms. The Morgan fingerprint density at radius 2 is 2.05 bits per heavy atom. The maximum absolute atomic E-state index is 6.16. The van der Waals surface area contributed by atoms with Crippen molar-refractivity contribution < 1.29 is 0 Å². The van der Waals surface area contributed by atoms with Gasteiger partial charge in [-0.1, -0.05) is 32.4 Å². The molecule has 2 heterocycles. The van der Waals surface area contributed by atoms with Crippen LogP contribution in [0, 0.1) is 11.3 Å². The van der Waals surface area contributed by atoms with Gasteiger partial charge >= 0.3 is 0 Å². The summed E-state index contributed by atoms with van der Waals surface area (Å²) in [5, 5.41) is 0. The van der Waals surface area contributed by atoms with Crippen LogP contribution < -0.4 is 5.73 Å². The first-order valence-electron chi connectivity index (χ1n) is 7.21. The number of thiophene rings is 1. The van der Waals surface area contributed by atoms with Crippen molar-refractivity contribution in [3.63, 3.8) is 0 Å². The van der Waals surface area contributed by atoms with E-state index in [2.05, 4.69) is 47.7 Å². The Bertz CT molecular complexity index is 428. The Labute approximate surface area is 139 Å². The first kappa shape index (κ1) is 16.8. The summed E-state index contributed by atoms with van der Waals surface area (Å²) >= 11 is 11.3. The lowest BCUT2D eigenvalue weighted by Crippen LogP contribution is -2.42. The lowest BCUT2D eigenvalue weighted by atomic mass is 9.75. The Hall–Kier alpha value is 0.390. The maximum Gasteiger partial charge on any atom is 0.107 e.